The van der Waals surface area contributed by atoms with Crippen LogP contribution in [0.5, 0.6) is 0 Å². The molecule has 0 aliphatic heterocycles. The number of anilines is 1. The third kappa shape index (κ3) is 4.19. The third-order valence-corrected chi connectivity index (χ3v) is 4.72. The van der Waals surface area contributed by atoms with E-state index in [-0.39, 0.29) is 16.6 Å². The maximum Gasteiger partial charge on any atom is 0.263 e. The molecule has 0 spiro atoms. The molecule has 0 saturated carbocycles. The molecule has 1 heterocycles. The molecule has 0 bridgehead atoms. The van der Waals surface area contributed by atoms with E-state index in [0.29, 0.717) is 5.56 Å². The lowest BCUT2D eigenvalue weighted by Crippen LogP contribution is -2.17. The highest BCUT2D eigenvalue weighted by molar-refractivity contribution is 7.93. The van der Waals surface area contributed by atoms with Crippen LogP contribution in [0, 0.1) is 5.82 Å². The maximum atomic E-state index is 13.7. The Balaban J connectivity index is 2.20. The van der Waals surface area contributed by atoms with Gasteiger partial charge in [0, 0.05) is 12.1 Å². The molecule has 0 saturated heterocycles. The van der Waals surface area contributed by atoms with Crippen LogP contribution >= 0.6 is 11.3 Å². The third-order valence-electron chi connectivity index (χ3n) is 2.65. The van der Waals surface area contributed by atoms with Crippen molar-refractivity contribution >= 4 is 26.5 Å². The number of nitrogens with zero attached hydrogens (tertiary/aromatic N) is 2. The second kappa shape index (κ2) is 6.92. The Morgan fingerprint density at radius 1 is 1.38 bits per heavy atom. The monoisotopic (exact) mass is 330 g/mol. The van der Waals surface area contributed by atoms with E-state index in [2.05, 4.69) is 20.2 Å². The fourth-order valence-electron chi connectivity index (χ4n) is 1.64. The van der Waals surface area contributed by atoms with Crippen LogP contribution in [0.4, 0.5) is 9.52 Å². The summed E-state index contributed by atoms with van der Waals surface area (Å²) in [4.78, 5) is -0.00704. The molecule has 0 fully saturated rings. The Morgan fingerprint density at radius 2 is 2.19 bits per heavy atom. The molecule has 2 rings (SSSR count). The van der Waals surface area contributed by atoms with Crippen molar-refractivity contribution in [3.8, 4) is 0 Å². The molecule has 2 aromatic rings. The first-order chi connectivity index (χ1) is 10.0. The molecule has 6 nitrogen and oxygen atoms in total. The summed E-state index contributed by atoms with van der Waals surface area (Å²) in [7, 11) is -3.79. The second-order valence-corrected chi connectivity index (χ2v) is 6.79. The Morgan fingerprint density at radius 3 is 2.86 bits per heavy atom. The molecule has 114 valence electrons. The Hall–Kier alpha value is -1.58. The van der Waals surface area contributed by atoms with Gasteiger partial charge >= 0.3 is 0 Å². The molecule has 0 amide bonds. The molecule has 0 aliphatic carbocycles. The lowest BCUT2D eigenvalue weighted by atomic mass is 10.2. The standard InChI is InChI=1S/C12H15FN4O2S2/c1-2-5-14-7-9-6-10(3-4-11(9)13)21(18,19)17-12-16-15-8-20-12/h3-4,6,8,14H,2,5,7H2,1H3,(H,16,17). The van der Waals surface area contributed by atoms with E-state index in [1.165, 1.54) is 17.6 Å². The quantitative estimate of drug-likeness (QED) is 0.758. The van der Waals surface area contributed by atoms with E-state index in [9.17, 15) is 12.8 Å². The Kier molecular flexibility index (Phi) is 5.21. The van der Waals surface area contributed by atoms with Crippen LogP contribution in [-0.2, 0) is 16.6 Å². The van der Waals surface area contributed by atoms with Gasteiger partial charge in [-0.2, -0.15) is 0 Å². The number of halogens is 1. The summed E-state index contributed by atoms with van der Waals surface area (Å²) in [6.45, 7) is 3.01. The molecule has 2 N–H and O–H groups in total. The second-order valence-electron chi connectivity index (χ2n) is 4.28. The summed E-state index contributed by atoms with van der Waals surface area (Å²) < 4.78 is 40.3. The topological polar surface area (TPSA) is 84.0 Å². The summed E-state index contributed by atoms with van der Waals surface area (Å²) in [5.41, 5.74) is 1.73. The van der Waals surface area contributed by atoms with E-state index >= 15 is 0 Å². The van der Waals surface area contributed by atoms with Crippen LogP contribution in [0.3, 0.4) is 0 Å². The number of sulfonamides is 1. The van der Waals surface area contributed by atoms with Crippen molar-refractivity contribution in [1.29, 1.82) is 0 Å². The zero-order chi connectivity index (χ0) is 15.3. The molecule has 0 unspecified atom stereocenters. The van der Waals surface area contributed by atoms with Gasteiger partial charge < -0.3 is 5.32 Å². The van der Waals surface area contributed by atoms with Gasteiger partial charge in [0.15, 0.2) is 0 Å². The number of hydrogen-bond donors (Lipinski definition) is 2. The van der Waals surface area contributed by atoms with E-state index < -0.39 is 15.8 Å². The Labute approximate surface area is 126 Å². The molecule has 1 aromatic heterocycles. The summed E-state index contributed by atoms with van der Waals surface area (Å²) in [6, 6.07) is 3.70. The lowest BCUT2D eigenvalue weighted by molar-refractivity contribution is 0.581. The van der Waals surface area contributed by atoms with Gasteiger partial charge in [-0.05, 0) is 31.2 Å². The van der Waals surface area contributed by atoms with Crippen LogP contribution in [0.2, 0.25) is 0 Å². The summed E-state index contributed by atoms with van der Waals surface area (Å²) >= 11 is 1.07. The van der Waals surface area contributed by atoms with E-state index in [4.69, 9.17) is 0 Å². The highest BCUT2D eigenvalue weighted by Gasteiger charge is 2.17. The lowest BCUT2D eigenvalue weighted by Gasteiger charge is -2.09. The number of rotatable bonds is 7. The van der Waals surface area contributed by atoms with Crippen LogP contribution in [-0.4, -0.2) is 25.2 Å². The van der Waals surface area contributed by atoms with Crippen LogP contribution in [0.15, 0.2) is 28.6 Å². The van der Waals surface area contributed by atoms with Crippen molar-refractivity contribution in [1.82, 2.24) is 15.5 Å². The molecule has 0 aliphatic rings. The first-order valence-electron chi connectivity index (χ1n) is 6.31. The largest absolute Gasteiger partial charge is 0.313 e. The van der Waals surface area contributed by atoms with Crippen molar-refractivity contribution in [3.63, 3.8) is 0 Å². The molecular formula is C12H15FN4O2S2. The molecule has 21 heavy (non-hydrogen) atoms. The molecule has 1 aromatic carbocycles. The number of benzene rings is 1. The zero-order valence-corrected chi connectivity index (χ0v) is 13.0. The molecular weight excluding hydrogens is 315 g/mol. The smallest absolute Gasteiger partial charge is 0.263 e. The van der Waals surface area contributed by atoms with E-state index in [1.807, 2.05) is 6.92 Å². The number of hydrogen-bond acceptors (Lipinski definition) is 6. The number of nitrogens with one attached hydrogen (secondary N) is 2. The number of aromatic nitrogens is 2. The van der Waals surface area contributed by atoms with Gasteiger partial charge in [-0.1, -0.05) is 18.3 Å². The predicted molar refractivity (Wildman–Crippen MR) is 79.1 cm³/mol. The minimum Gasteiger partial charge on any atom is -0.313 e. The van der Waals surface area contributed by atoms with Crippen molar-refractivity contribution in [2.24, 2.45) is 0 Å². The zero-order valence-electron chi connectivity index (χ0n) is 11.3. The fraction of sp³-hybridized carbons (Fsp3) is 0.333. The van der Waals surface area contributed by atoms with Gasteiger partial charge in [0.25, 0.3) is 10.0 Å². The van der Waals surface area contributed by atoms with Crippen LogP contribution in [0.1, 0.15) is 18.9 Å². The van der Waals surface area contributed by atoms with E-state index in [0.717, 1.165) is 30.4 Å². The molecule has 0 radical (unpaired) electrons. The SMILES string of the molecule is CCCNCc1cc(S(=O)(=O)Nc2nncs2)ccc1F. The van der Waals surface area contributed by atoms with Crippen molar-refractivity contribution in [2.75, 3.05) is 11.3 Å². The van der Waals surface area contributed by atoms with Gasteiger partial charge in [0.2, 0.25) is 5.13 Å². The van der Waals surface area contributed by atoms with Crippen LogP contribution in [0.25, 0.3) is 0 Å². The van der Waals surface area contributed by atoms with Crippen LogP contribution < -0.4 is 10.0 Å². The maximum absolute atomic E-state index is 13.7. The minimum atomic E-state index is -3.79. The van der Waals surface area contributed by atoms with Gasteiger partial charge in [-0.3, -0.25) is 4.72 Å². The van der Waals surface area contributed by atoms with Crippen molar-refractivity contribution in [2.45, 2.75) is 24.8 Å². The first-order valence-corrected chi connectivity index (χ1v) is 8.67. The Bertz CT molecular complexity index is 689. The average Bonchev–Trinajstić information content (AvgIpc) is 2.93. The average molecular weight is 330 g/mol. The summed E-state index contributed by atoms with van der Waals surface area (Å²) in [6.07, 6.45) is 0.915. The molecule has 0 atom stereocenters. The van der Waals surface area contributed by atoms with Crippen molar-refractivity contribution < 1.29 is 12.8 Å². The highest BCUT2D eigenvalue weighted by Crippen LogP contribution is 2.19. The normalized spacial score (nSPS) is 11.5. The van der Waals surface area contributed by atoms with Gasteiger partial charge in [0.1, 0.15) is 11.3 Å². The first kappa shape index (κ1) is 15.8. The minimum absolute atomic E-state index is 0.00704. The van der Waals surface area contributed by atoms with Gasteiger partial charge in [-0.25, -0.2) is 12.8 Å². The van der Waals surface area contributed by atoms with Gasteiger partial charge in [0.05, 0.1) is 4.90 Å². The van der Waals surface area contributed by atoms with E-state index in [1.54, 1.807) is 0 Å². The fourth-order valence-corrected chi connectivity index (χ4v) is 3.39. The molecule has 9 heteroatoms. The highest BCUT2D eigenvalue weighted by atomic mass is 32.2. The summed E-state index contributed by atoms with van der Waals surface area (Å²) in [5.74, 6) is -0.437. The summed E-state index contributed by atoms with van der Waals surface area (Å²) in [5, 5.41) is 10.4. The van der Waals surface area contributed by atoms with Crippen molar-refractivity contribution in [3.05, 3.63) is 35.1 Å². The van der Waals surface area contributed by atoms with Gasteiger partial charge in [-0.15, -0.1) is 10.2 Å². The predicted octanol–water partition coefficient (Wildman–Crippen LogP) is 1.98.